The lowest BCUT2D eigenvalue weighted by Gasteiger charge is -2.08. The van der Waals surface area contributed by atoms with Gasteiger partial charge in [0.15, 0.2) is 0 Å². The molecule has 0 aliphatic heterocycles. The van der Waals surface area contributed by atoms with E-state index in [4.69, 9.17) is 9.47 Å². The Kier molecular flexibility index (Phi) is 4.58. The van der Waals surface area contributed by atoms with E-state index in [0.717, 1.165) is 0 Å². The van der Waals surface area contributed by atoms with Crippen LogP contribution in [0.4, 0.5) is 0 Å². The molecule has 0 fully saturated rings. The van der Waals surface area contributed by atoms with Crippen LogP contribution in [0.25, 0.3) is 0 Å². The van der Waals surface area contributed by atoms with Gasteiger partial charge in [-0.3, -0.25) is 4.68 Å². The molecule has 0 radical (unpaired) electrons. The normalized spacial score (nSPS) is 13.1. The van der Waals surface area contributed by atoms with Crippen LogP contribution in [0.1, 0.15) is 11.8 Å². The zero-order chi connectivity index (χ0) is 10.4. The van der Waals surface area contributed by atoms with Crippen molar-refractivity contribution in [1.82, 2.24) is 9.78 Å². The highest BCUT2D eigenvalue weighted by molar-refractivity contribution is 5.02. The van der Waals surface area contributed by atoms with Gasteiger partial charge in [-0.15, -0.1) is 0 Å². The van der Waals surface area contributed by atoms with Crippen molar-refractivity contribution in [2.45, 2.75) is 6.10 Å². The van der Waals surface area contributed by atoms with Gasteiger partial charge in [0, 0.05) is 20.4 Å². The van der Waals surface area contributed by atoms with Crippen molar-refractivity contribution in [3.63, 3.8) is 0 Å². The van der Waals surface area contributed by atoms with Crippen molar-refractivity contribution in [3.05, 3.63) is 18.0 Å². The van der Waals surface area contributed by atoms with E-state index >= 15 is 0 Å². The summed E-state index contributed by atoms with van der Waals surface area (Å²) in [5.74, 6) is 0. The molecule has 0 aromatic carbocycles. The smallest absolute Gasteiger partial charge is 0.121 e. The molecule has 0 aliphatic rings. The SMILES string of the molecule is COCCOCC(O)c1ccn(C)n1. The summed E-state index contributed by atoms with van der Waals surface area (Å²) >= 11 is 0. The maximum absolute atomic E-state index is 9.59. The van der Waals surface area contributed by atoms with Crippen molar-refractivity contribution in [3.8, 4) is 0 Å². The number of aryl methyl sites for hydroxylation is 1. The van der Waals surface area contributed by atoms with Crippen LogP contribution in [0.3, 0.4) is 0 Å². The first-order valence-electron chi connectivity index (χ1n) is 4.48. The summed E-state index contributed by atoms with van der Waals surface area (Å²) in [5, 5.41) is 13.7. The third-order valence-corrected chi connectivity index (χ3v) is 1.78. The monoisotopic (exact) mass is 200 g/mol. The number of aromatic nitrogens is 2. The molecule has 0 amide bonds. The largest absolute Gasteiger partial charge is 0.384 e. The zero-order valence-corrected chi connectivity index (χ0v) is 8.51. The molecule has 0 spiro atoms. The summed E-state index contributed by atoms with van der Waals surface area (Å²) in [4.78, 5) is 0. The summed E-state index contributed by atoms with van der Waals surface area (Å²) < 4.78 is 11.6. The summed E-state index contributed by atoms with van der Waals surface area (Å²) in [6.45, 7) is 1.27. The summed E-state index contributed by atoms with van der Waals surface area (Å²) in [5.41, 5.74) is 0.630. The molecular weight excluding hydrogens is 184 g/mol. The molecule has 1 aromatic heterocycles. The van der Waals surface area contributed by atoms with Crippen LogP contribution in [-0.4, -0.2) is 41.8 Å². The Bertz CT molecular complexity index is 262. The van der Waals surface area contributed by atoms with Crippen LogP contribution in [0.15, 0.2) is 12.3 Å². The third kappa shape index (κ3) is 3.45. The van der Waals surface area contributed by atoms with E-state index in [9.17, 15) is 5.11 Å². The van der Waals surface area contributed by atoms with Gasteiger partial charge >= 0.3 is 0 Å². The molecule has 0 saturated heterocycles. The van der Waals surface area contributed by atoms with Gasteiger partial charge in [0.05, 0.1) is 25.5 Å². The Labute approximate surface area is 83.2 Å². The van der Waals surface area contributed by atoms with E-state index in [1.807, 2.05) is 7.05 Å². The molecular formula is C9H16N2O3. The molecule has 1 unspecified atom stereocenters. The molecule has 0 aliphatic carbocycles. The molecule has 80 valence electrons. The average molecular weight is 200 g/mol. The van der Waals surface area contributed by atoms with E-state index in [2.05, 4.69) is 5.10 Å². The molecule has 5 nitrogen and oxygen atoms in total. The first-order valence-corrected chi connectivity index (χ1v) is 4.48. The van der Waals surface area contributed by atoms with Gasteiger partial charge < -0.3 is 14.6 Å². The lowest BCUT2D eigenvalue weighted by atomic mass is 10.3. The second-order valence-corrected chi connectivity index (χ2v) is 3.00. The van der Waals surface area contributed by atoms with Gasteiger partial charge in [0.1, 0.15) is 6.10 Å². The molecule has 14 heavy (non-hydrogen) atoms. The predicted octanol–water partition coefficient (Wildman–Crippen LogP) is 0.116. The van der Waals surface area contributed by atoms with Crippen LogP contribution in [0, 0.1) is 0 Å². The van der Waals surface area contributed by atoms with Crippen molar-refractivity contribution in [2.24, 2.45) is 7.05 Å². The minimum Gasteiger partial charge on any atom is -0.384 e. The number of rotatable bonds is 6. The van der Waals surface area contributed by atoms with Gasteiger partial charge in [-0.2, -0.15) is 5.10 Å². The molecule has 1 atom stereocenters. The molecule has 1 aromatic rings. The second kappa shape index (κ2) is 5.74. The number of hydrogen-bond donors (Lipinski definition) is 1. The van der Waals surface area contributed by atoms with Crippen LogP contribution in [0.2, 0.25) is 0 Å². The summed E-state index contributed by atoms with van der Waals surface area (Å²) in [6, 6.07) is 1.77. The Morgan fingerprint density at radius 2 is 2.36 bits per heavy atom. The van der Waals surface area contributed by atoms with E-state index in [0.29, 0.717) is 18.9 Å². The van der Waals surface area contributed by atoms with Gasteiger partial charge in [-0.05, 0) is 6.07 Å². The fraction of sp³-hybridized carbons (Fsp3) is 0.667. The lowest BCUT2D eigenvalue weighted by molar-refractivity contribution is 0.0109. The highest BCUT2D eigenvalue weighted by Crippen LogP contribution is 2.09. The number of aliphatic hydroxyl groups excluding tert-OH is 1. The summed E-state index contributed by atoms with van der Waals surface area (Å²) in [7, 11) is 3.42. The first-order chi connectivity index (χ1) is 6.74. The highest BCUT2D eigenvalue weighted by atomic mass is 16.5. The van der Waals surface area contributed by atoms with Gasteiger partial charge in [-0.1, -0.05) is 0 Å². The standard InChI is InChI=1S/C9H16N2O3/c1-11-4-3-8(10-11)9(12)7-14-6-5-13-2/h3-4,9,12H,5-7H2,1-2H3. The number of methoxy groups -OCH3 is 1. The Morgan fingerprint density at radius 3 is 2.93 bits per heavy atom. The van der Waals surface area contributed by atoms with Crippen LogP contribution >= 0.6 is 0 Å². The van der Waals surface area contributed by atoms with Crippen molar-refractivity contribution >= 4 is 0 Å². The minimum atomic E-state index is -0.659. The molecule has 0 bridgehead atoms. The zero-order valence-electron chi connectivity index (χ0n) is 8.51. The molecule has 0 saturated carbocycles. The first kappa shape index (κ1) is 11.2. The maximum Gasteiger partial charge on any atom is 0.121 e. The number of aliphatic hydroxyl groups is 1. The minimum absolute atomic E-state index is 0.250. The number of hydrogen-bond acceptors (Lipinski definition) is 4. The van der Waals surface area contributed by atoms with Crippen molar-refractivity contribution in [1.29, 1.82) is 0 Å². The lowest BCUT2D eigenvalue weighted by Crippen LogP contribution is -2.11. The van der Waals surface area contributed by atoms with Crippen LogP contribution in [-0.2, 0) is 16.5 Å². The molecule has 5 heteroatoms. The number of ether oxygens (including phenoxy) is 2. The number of nitrogens with zero attached hydrogens (tertiary/aromatic N) is 2. The van der Waals surface area contributed by atoms with E-state index in [-0.39, 0.29) is 6.61 Å². The molecule has 1 N–H and O–H groups in total. The highest BCUT2D eigenvalue weighted by Gasteiger charge is 2.09. The fourth-order valence-electron chi connectivity index (χ4n) is 1.03. The second-order valence-electron chi connectivity index (χ2n) is 3.00. The fourth-order valence-corrected chi connectivity index (χ4v) is 1.03. The van der Waals surface area contributed by atoms with Gasteiger partial charge in [0.2, 0.25) is 0 Å². The summed E-state index contributed by atoms with van der Waals surface area (Å²) in [6.07, 6.45) is 1.13. The Hall–Kier alpha value is -0.910. The average Bonchev–Trinajstić information content (AvgIpc) is 2.59. The van der Waals surface area contributed by atoms with Crippen LogP contribution in [0.5, 0.6) is 0 Å². The van der Waals surface area contributed by atoms with Crippen LogP contribution < -0.4 is 0 Å². The Balaban J connectivity index is 2.25. The molecule has 1 rings (SSSR count). The quantitative estimate of drug-likeness (QED) is 0.662. The van der Waals surface area contributed by atoms with E-state index in [1.165, 1.54) is 0 Å². The van der Waals surface area contributed by atoms with E-state index < -0.39 is 6.10 Å². The van der Waals surface area contributed by atoms with Crippen molar-refractivity contribution < 1.29 is 14.6 Å². The van der Waals surface area contributed by atoms with Gasteiger partial charge in [-0.25, -0.2) is 0 Å². The third-order valence-electron chi connectivity index (χ3n) is 1.78. The topological polar surface area (TPSA) is 56.5 Å². The predicted molar refractivity (Wildman–Crippen MR) is 50.9 cm³/mol. The van der Waals surface area contributed by atoms with Crippen molar-refractivity contribution in [2.75, 3.05) is 26.9 Å². The molecule has 1 heterocycles. The van der Waals surface area contributed by atoms with Gasteiger partial charge in [0.25, 0.3) is 0 Å². The Morgan fingerprint density at radius 1 is 1.57 bits per heavy atom. The maximum atomic E-state index is 9.59. The van der Waals surface area contributed by atoms with E-state index in [1.54, 1.807) is 24.1 Å².